The standard InChI is InChI=1S/C15H20N4O2/c1-3-12-13(16)14(19-18-12)15(20)17-7-8-21-11-6-4-5-10(2)9-11/h4-6,9H,3,7-8,16H2,1-2H3,(H,17,20)(H,18,19). The van der Waals surface area contributed by atoms with Crippen molar-refractivity contribution in [2.45, 2.75) is 20.3 Å². The molecule has 0 bridgehead atoms. The lowest BCUT2D eigenvalue weighted by atomic mass is 10.2. The second kappa shape index (κ2) is 6.78. The van der Waals surface area contributed by atoms with E-state index in [0.717, 1.165) is 17.0 Å². The smallest absolute Gasteiger partial charge is 0.274 e. The molecule has 6 heteroatoms. The first-order chi connectivity index (χ1) is 10.1. The molecule has 0 fully saturated rings. The number of benzene rings is 1. The fraction of sp³-hybridized carbons (Fsp3) is 0.333. The minimum atomic E-state index is -0.295. The third-order valence-corrected chi connectivity index (χ3v) is 3.10. The largest absolute Gasteiger partial charge is 0.492 e. The Morgan fingerprint density at radius 1 is 1.48 bits per heavy atom. The zero-order valence-corrected chi connectivity index (χ0v) is 12.3. The number of aryl methyl sites for hydroxylation is 2. The van der Waals surface area contributed by atoms with Crippen molar-refractivity contribution in [1.82, 2.24) is 15.5 Å². The number of anilines is 1. The number of ether oxygens (including phenoxy) is 1. The number of nitrogens with zero attached hydrogens (tertiary/aromatic N) is 1. The van der Waals surface area contributed by atoms with Crippen molar-refractivity contribution >= 4 is 11.6 Å². The Morgan fingerprint density at radius 2 is 2.29 bits per heavy atom. The molecule has 0 unspecified atom stereocenters. The summed E-state index contributed by atoms with van der Waals surface area (Å²) in [4.78, 5) is 11.9. The molecule has 1 heterocycles. The number of nitrogens with one attached hydrogen (secondary N) is 2. The molecule has 1 amide bonds. The molecule has 4 N–H and O–H groups in total. The maximum Gasteiger partial charge on any atom is 0.274 e. The molecule has 0 aliphatic heterocycles. The van der Waals surface area contributed by atoms with Gasteiger partial charge >= 0.3 is 0 Å². The van der Waals surface area contributed by atoms with E-state index in [1.54, 1.807) is 0 Å². The summed E-state index contributed by atoms with van der Waals surface area (Å²) in [5, 5.41) is 9.43. The number of hydrogen-bond donors (Lipinski definition) is 3. The lowest BCUT2D eigenvalue weighted by Gasteiger charge is -2.07. The number of H-pyrrole nitrogens is 1. The first-order valence-electron chi connectivity index (χ1n) is 6.92. The Labute approximate surface area is 123 Å². The van der Waals surface area contributed by atoms with E-state index < -0.39 is 0 Å². The van der Waals surface area contributed by atoms with Crippen LogP contribution in [-0.2, 0) is 6.42 Å². The van der Waals surface area contributed by atoms with Gasteiger partial charge in [-0.1, -0.05) is 19.1 Å². The van der Waals surface area contributed by atoms with Crippen molar-refractivity contribution in [2.75, 3.05) is 18.9 Å². The fourth-order valence-corrected chi connectivity index (χ4v) is 1.95. The Balaban J connectivity index is 1.80. The summed E-state index contributed by atoms with van der Waals surface area (Å²) in [7, 11) is 0. The van der Waals surface area contributed by atoms with E-state index in [1.807, 2.05) is 38.1 Å². The average Bonchev–Trinajstić information content (AvgIpc) is 2.84. The molecular weight excluding hydrogens is 268 g/mol. The van der Waals surface area contributed by atoms with Crippen LogP contribution in [0.2, 0.25) is 0 Å². The monoisotopic (exact) mass is 288 g/mol. The van der Waals surface area contributed by atoms with Crippen molar-refractivity contribution in [3.8, 4) is 5.75 Å². The number of nitrogens with two attached hydrogens (primary N) is 1. The second-order valence-electron chi connectivity index (χ2n) is 4.74. The van der Waals surface area contributed by atoms with Gasteiger partial charge in [-0.3, -0.25) is 9.89 Å². The lowest BCUT2D eigenvalue weighted by Crippen LogP contribution is -2.29. The van der Waals surface area contributed by atoms with Gasteiger partial charge in [-0.05, 0) is 31.0 Å². The highest BCUT2D eigenvalue weighted by Gasteiger charge is 2.15. The normalized spacial score (nSPS) is 10.4. The van der Waals surface area contributed by atoms with E-state index in [4.69, 9.17) is 10.5 Å². The van der Waals surface area contributed by atoms with Gasteiger partial charge in [0.1, 0.15) is 12.4 Å². The quantitative estimate of drug-likeness (QED) is 0.705. The fourth-order valence-electron chi connectivity index (χ4n) is 1.95. The van der Waals surface area contributed by atoms with E-state index in [2.05, 4.69) is 15.5 Å². The Morgan fingerprint density at radius 3 is 2.95 bits per heavy atom. The van der Waals surface area contributed by atoms with Crippen LogP contribution in [0.4, 0.5) is 5.69 Å². The minimum Gasteiger partial charge on any atom is -0.492 e. The zero-order chi connectivity index (χ0) is 15.2. The van der Waals surface area contributed by atoms with Crippen LogP contribution in [0.1, 0.15) is 28.7 Å². The number of aromatic nitrogens is 2. The highest BCUT2D eigenvalue weighted by molar-refractivity contribution is 5.97. The van der Waals surface area contributed by atoms with Gasteiger partial charge in [0.2, 0.25) is 0 Å². The molecule has 2 rings (SSSR count). The van der Waals surface area contributed by atoms with Gasteiger partial charge in [-0.2, -0.15) is 5.10 Å². The maximum absolute atomic E-state index is 11.9. The minimum absolute atomic E-state index is 0.238. The Bertz CT molecular complexity index is 622. The van der Waals surface area contributed by atoms with Gasteiger partial charge in [0.15, 0.2) is 5.69 Å². The van der Waals surface area contributed by atoms with Crippen molar-refractivity contribution in [3.63, 3.8) is 0 Å². The first kappa shape index (κ1) is 14.9. The van der Waals surface area contributed by atoms with E-state index >= 15 is 0 Å². The molecule has 0 spiro atoms. The second-order valence-corrected chi connectivity index (χ2v) is 4.74. The van der Waals surface area contributed by atoms with Gasteiger partial charge in [-0.25, -0.2) is 0 Å². The number of aromatic amines is 1. The molecule has 0 atom stereocenters. The van der Waals surface area contributed by atoms with E-state index in [-0.39, 0.29) is 11.6 Å². The first-order valence-corrected chi connectivity index (χ1v) is 6.92. The molecule has 1 aromatic heterocycles. The zero-order valence-electron chi connectivity index (χ0n) is 12.3. The van der Waals surface area contributed by atoms with Crippen LogP contribution in [0.25, 0.3) is 0 Å². The van der Waals surface area contributed by atoms with Crippen LogP contribution < -0.4 is 15.8 Å². The van der Waals surface area contributed by atoms with Crippen LogP contribution in [-0.4, -0.2) is 29.3 Å². The van der Waals surface area contributed by atoms with E-state index in [9.17, 15) is 4.79 Å². The Kier molecular flexibility index (Phi) is 4.81. The van der Waals surface area contributed by atoms with E-state index in [1.165, 1.54) is 0 Å². The molecule has 0 aliphatic carbocycles. The van der Waals surface area contributed by atoms with Crippen molar-refractivity contribution in [1.29, 1.82) is 0 Å². The summed E-state index contributed by atoms with van der Waals surface area (Å²) in [5.74, 6) is 0.494. The number of rotatable bonds is 6. The molecule has 2 aromatic rings. The summed E-state index contributed by atoms with van der Waals surface area (Å²) in [6.07, 6.45) is 0.711. The van der Waals surface area contributed by atoms with Gasteiger partial charge in [0.25, 0.3) is 5.91 Å². The number of carbonyl (C=O) groups is 1. The average molecular weight is 288 g/mol. The molecule has 6 nitrogen and oxygen atoms in total. The van der Waals surface area contributed by atoms with E-state index in [0.29, 0.717) is 25.3 Å². The van der Waals surface area contributed by atoms with Crippen LogP contribution in [0.5, 0.6) is 5.75 Å². The van der Waals surface area contributed by atoms with Crippen LogP contribution in [0, 0.1) is 6.92 Å². The summed E-state index contributed by atoms with van der Waals surface area (Å²) in [6.45, 7) is 4.72. The van der Waals surface area contributed by atoms with Gasteiger partial charge in [0, 0.05) is 0 Å². The third kappa shape index (κ3) is 3.75. The highest BCUT2D eigenvalue weighted by atomic mass is 16.5. The summed E-state index contributed by atoms with van der Waals surface area (Å²) in [6, 6.07) is 7.76. The van der Waals surface area contributed by atoms with Crippen molar-refractivity contribution < 1.29 is 9.53 Å². The van der Waals surface area contributed by atoms with Crippen molar-refractivity contribution in [2.24, 2.45) is 0 Å². The summed E-state index contributed by atoms with van der Waals surface area (Å²) < 4.78 is 5.56. The molecule has 112 valence electrons. The molecular formula is C15H20N4O2. The highest BCUT2D eigenvalue weighted by Crippen LogP contribution is 2.14. The van der Waals surface area contributed by atoms with Gasteiger partial charge in [0.05, 0.1) is 17.9 Å². The number of nitrogen functional groups attached to an aromatic ring is 1. The third-order valence-electron chi connectivity index (χ3n) is 3.10. The SMILES string of the molecule is CCc1[nH]nc(C(=O)NCCOc2cccc(C)c2)c1N. The molecule has 0 aliphatic rings. The van der Waals surface area contributed by atoms with Crippen LogP contribution in [0.3, 0.4) is 0 Å². The Hall–Kier alpha value is -2.50. The maximum atomic E-state index is 11.9. The molecule has 0 saturated heterocycles. The van der Waals surface area contributed by atoms with Crippen molar-refractivity contribution in [3.05, 3.63) is 41.2 Å². The topological polar surface area (TPSA) is 93.0 Å². The lowest BCUT2D eigenvalue weighted by molar-refractivity contribution is 0.0943. The van der Waals surface area contributed by atoms with Gasteiger partial charge < -0.3 is 15.8 Å². The predicted octanol–water partition coefficient (Wildman–Crippen LogP) is 1.67. The summed E-state index contributed by atoms with van der Waals surface area (Å²) >= 11 is 0. The molecule has 21 heavy (non-hydrogen) atoms. The molecule has 0 radical (unpaired) electrons. The van der Waals surface area contributed by atoms with Crippen LogP contribution in [0.15, 0.2) is 24.3 Å². The molecule has 1 aromatic carbocycles. The summed E-state index contributed by atoms with van der Waals surface area (Å²) in [5.41, 5.74) is 8.40. The number of amides is 1. The number of carbonyl (C=O) groups excluding carboxylic acids is 1. The number of hydrogen-bond acceptors (Lipinski definition) is 4. The van der Waals surface area contributed by atoms with Crippen LogP contribution >= 0.6 is 0 Å². The predicted molar refractivity (Wildman–Crippen MR) is 81.4 cm³/mol. The molecule has 0 saturated carbocycles. The van der Waals surface area contributed by atoms with Gasteiger partial charge in [-0.15, -0.1) is 0 Å².